The largest absolute Gasteiger partial charge is 0.444 e. The third-order valence-corrected chi connectivity index (χ3v) is 12.0. The number of nitrogens with zero attached hydrogens (tertiary/aromatic N) is 2. The van der Waals surface area contributed by atoms with Gasteiger partial charge in [0.15, 0.2) is 0 Å². The molecular formula is C39H46Cl4N6O10S. The Morgan fingerprint density at radius 1 is 0.933 bits per heavy atom. The fraction of sp³-hybridized carbons (Fsp3) is 0.487. The Hall–Kier alpha value is -4.38. The van der Waals surface area contributed by atoms with Crippen molar-refractivity contribution in [3.8, 4) is 0 Å². The van der Waals surface area contributed by atoms with E-state index in [-0.39, 0.29) is 35.1 Å². The van der Waals surface area contributed by atoms with Crippen LogP contribution in [0.4, 0.5) is 21.0 Å². The zero-order chi connectivity index (χ0) is 45.0. The van der Waals surface area contributed by atoms with Gasteiger partial charge in [-0.15, -0.1) is 6.58 Å². The monoisotopic (exact) mass is 930 g/mol. The molecule has 0 radical (unpaired) electrons. The van der Waals surface area contributed by atoms with Crippen LogP contribution in [0.1, 0.15) is 67.2 Å². The predicted octanol–water partition coefficient (Wildman–Crippen LogP) is 7.08. The number of amides is 5. The minimum atomic E-state index is -3.93. The van der Waals surface area contributed by atoms with E-state index in [9.17, 15) is 37.2 Å². The molecule has 60 heavy (non-hydrogen) atoms. The lowest BCUT2D eigenvalue weighted by atomic mass is 9.85. The Kier molecular flexibility index (Phi) is 15.4. The minimum Gasteiger partial charge on any atom is -0.444 e. The van der Waals surface area contributed by atoms with E-state index in [0.717, 1.165) is 0 Å². The van der Waals surface area contributed by atoms with Crippen molar-refractivity contribution in [1.82, 2.24) is 20.3 Å². The van der Waals surface area contributed by atoms with E-state index in [0.29, 0.717) is 28.6 Å². The SMILES string of the molecule is C=CC1C[C@]1(NC(=O)[C@@H]1C[C@@H](OC(=O)Nc2cc(Cl)cc(Cl)c2)CN1C(=O)[C@@H](NC(=O)OC(C)(C)C)C(C)(C)C)C(=O)NS(=O)(=O)C1CC1.O=C=Nc1cc(Cl)cc(Cl)c1. The first-order chi connectivity index (χ1) is 27.8. The number of rotatable bonds is 11. The van der Waals surface area contributed by atoms with E-state index in [2.05, 4.69) is 32.2 Å². The number of nitrogens with one attached hydrogen (secondary N) is 4. The fourth-order valence-corrected chi connectivity index (χ4v) is 8.62. The van der Waals surface area contributed by atoms with Crippen molar-refractivity contribution in [3.63, 3.8) is 0 Å². The van der Waals surface area contributed by atoms with E-state index in [1.54, 1.807) is 47.6 Å². The molecule has 3 aliphatic rings. The highest BCUT2D eigenvalue weighted by Crippen LogP contribution is 2.45. The number of aliphatic imine (C=N–C) groups is 1. The molecule has 326 valence electrons. The van der Waals surface area contributed by atoms with Gasteiger partial charge in [-0.1, -0.05) is 73.3 Å². The number of alkyl carbamates (subject to hydrolysis) is 1. The molecule has 1 aliphatic heterocycles. The molecule has 0 bridgehead atoms. The third kappa shape index (κ3) is 13.3. The van der Waals surface area contributed by atoms with Gasteiger partial charge in [0.25, 0.3) is 5.91 Å². The van der Waals surface area contributed by atoms with E-state index in [1.807, 2.05) is 0 Å². The molecule has 5 atom stereocenters. The molecule has 5 rings (SSSR count). The molecule has 0 spiro atoms. The van der Waals surface area contributed by atoms with Crippen LogP contribution >= 0.6 is 46.4 Å². The van der Waals surface area contributed by atoms with Crippen LogP contribution in [0.3, 0.4) is 0 Å². The van der Waals surface area contributed by atoms with Crippen molar-refractivity contribution in [2.45, 2.75) is 102 Å². The van der Waals surface area contributed by atoms with E-state index in [1.165, 1.54) is 47.4 Å². The molecule has 1 unspecified atom stereocenters. The maximum absolute atomic E-state index is 14.2. The quantitative estimate of drug-likeness (QED) is 0.102. The Bertz CT molecular complexity index is 2150. The number of hydrogen-bond acceptors (Lipinski definition) is 11. The van der Waals surface area contributed by atoms with Crippen molar-refractivity contribution >= 4 is 104 Å². The summed E-state index contributed by atoms with van der Waals surface area (Å²) in [6.45, 7) is 13.6. The molecule has 1 saturated heterocycles. The second kappa shape index (κ2) is 19.1. The summed E-state index contributed by atoms with van der Waals surface area (Å²) in [5, 5.41) is 8.57. The number of halogens is 4. The van der Waals surface area contributed by atoms with Crippen LogP contribution in [0.15, 0.2) is 54.0 Å². The summed E-state index contributed by atoms with van der Waals surface area (Å²) in [7, 11) is -3.93. The van der Waals surface area contributed by atoms with Crippen LogP contribution in [0.2, 0.25) is 20.1 Å². The van der Waals surface area contributed by atoms with E-state index in [4.69, 9.17) is 55.9 Å². The van der Waals surface area contributed by atoms with Crippen molar-refractivity contribution in [1.29, 1.82) is 0 Å². The van der Waals surface area contributed by atoms with Gasteiger partial charge in [0.1, 0.15) is 29.3 Å². The molecule has 4 N–H and O–H groups in total. The molecule has 5 amide bonds. The number of ether oxygens (including phenoxy) is 2. The topological polar surface area (TPSA) is 219 Å². The number of sulfonamides is 1. The third-order valence-electron chi connectivity index (χ3n) is 9.28. The standard InChI is InChI=1S/C32H43Cl2N5O9S.C7H3Cl2NO/c1-8-17-15-32(17,27(42)38-49(45,46)22-9-10-22)37-25(40)23-14-21(47-28(43)35-20-12-18(33)11-19(34)13-20)16-39(23)26(41)24(30(2,3)4)36-29(44)48-31(5,6)7;8-5-1-6(9)3-7(2-5)10-4-11/h8,11-13,17,21-24H,1,9-10,14-16H2,2-7H3,(H,35,43)(H,36,44)(H,37,40)(H,38,42);1-3H/t17?,21-,23+,24-,32-;/m1./s1. The maximum Gasteiger partial charge on any atom is 0.411 e. The first kappa shape index (κ1) is 48.3. The smallest absolute Gasteiger partial charge is 0.411 e. The number of carbonyl (C=O) groups excluding carboxylic acids is 6. The summed E-state index contributed by atoms with van der Waals surface area (Å²) in [4.78, 5) is 81.6. The highest BCUT2D eigenvalue weighted by Gasteiger charge is 2.62. The zero-order valence-corrected chi connectivity index (χ0v) is 37.4. The number of isocyanates is 1. The maximum atomic E-state index is 14.2. The molecule has 2 aliphatic carbocycles. The number of anilines is 1. The summed E-state index contributed by atoms with van der Waals surface area (Å²) in [5.74, 6) is -2.93. The average Bonchev–Trinajstić information content (AvgIpc) is 4.02. The lowest BCUT2D eigenvalue weighted by Crippen LogP contribution is -2.60. The summed E-state index contributed by atoms with van der Waals surface area (Å²) < 4.78 is 38.2. The van der Waals surface area contributed by atoms with E-state index >= 15 is 0 Å². The summed E-state index contributed by atoms with van der Waals surface area (Å²) >= 11 is 23.3. The van der Waals surface area contributed by atoms with Crippen LogP contribution in [0, 0.1) is 11.3 Å². The molecule has 21 heteroatoms. The minimum absolute atomic E-state index is 0.0876. The Morgan fingerprint density at radius 2 is 1.50 bits per heavy atom. The van der Waals surface area contributed by atoms with Gasteiger partial charge in [-0.05, 0) is 81.8 Å². The molecule has 2 saturated carbocycles. The van der Waals surface area contributed by atoms with Crippen molar-refractivity contribution in [2.24, 2.45) is 16.3 Å². The molecule has 2 aromatic carbocycles. The van der Waals surface area contributed by atoms with Gasteiger partial charge in [0.05, 0.1) is 17.5 Å². The van der Waals surface area contributed by atoms with Crippen LogP contribution in [0.25, 0.3) is 0 Å². The molecule has 16 nitrogen and oxygen atoms in total. The highest BCUT2D eigenvalue weighted by molar-refractivity contribution is 7.91. The summed E-state index contributed by atoms with van der Waals surface area (Å²) in [5.41, 5.74) is -2.69. The number of likely N-dealkylation sites (tertiary alicyclic amines) is 1. The molecule has 2 aromatic rings. The number of carbonyl (C=O) groups is 5. The number of benzene rings is 2. The lowest BCUT2D eigenvalue weighted by molar-refractivity contribution is -0.143. The van der Waals surface area contributed by atoms with Gasteiger partial charge < -0.3 is 25.0 Å². The second-order valence-corrected chi connectivity index (χ2v) is 20.2. The van der Waals surface area contributed by atoms with Crippen LogP contribution in [0.5, 0.6) is 0 Å². The summed E-state index contributed by atoms with van der Waals surface area (Å²) in [6.07, 6.45) is 0.832. The first-order valence-corrected chi connectivity index (χ1v) is 21.6. The Labute approximate surface area is 368 Å². The molecular weight excluding hydrogens is 886 g/mol. The molecule has 3 fully saturated rings. The highest BCUT2D eigenvalue weighted by atomic mass is 35.5. The van der Waals surface area contributed by atoms with Crippen molar-refractivity contribution < 1.29 is 46.7 Å². The average molecular weight is 933 g/mol. The van der Waals surface area contributed by atoms with Crippen molar-refractivity contribution in [3.05, 3.63) is 69.1 Å². The van der Waals surface area contributed by atoms with Crippen molar-refractivity contribution in [2.75, 3.05) is 11.9 Å². The molecule has 1 heterocycles. The van der Waals surface area contributed by atoms with Crippen LogP contribution in [-0.2, 0) is 38.7 Å². The second-order valence-electron chi connectivity index (χ2n) is 16.5. The predicted molar refractivity (Wildman–Crippen MR) is 227 cm³/mol. The fourth-order valence-electron chi connectivity index (χ4n) is 6.22. The Balaban J connectivity index is 0.000000624. The number of hydrogen-bond donors (Lipinski definition) is 4. The van der Waals surface area contributed by atoms with Gasteiger partial charge >= 0.3 is 12.2 Å². The van der Waals surface area contributed by atoms with Gasteiger partial charge in [0.2, 0.25) is 27.9 Å². The van der Waals surface area contributed by atoms with Gasteiger partial charge in [-0.25, -0.2) is 22.8 Å². The zero-order valence-electron chi connectivity index (χ0n) is 33.6. The first-order valence-electron chi connectivity index (χ1n) is 18.5. The Morgan fingerprint density at radius 3 is 1.98 bits per heavy atom. The lowest BCUT2D eigenvalue weighted by Gasteiger charge is -2.36. The van der Waals surface area contributed by atoms with E-state index < -0.39 is 85.8 Å². The normalized spacial score (nSPS) is 21.4. The van der Waals surface area contributed by atoms with Gasteiger partial charge in [-0.2, -0.15) is 4.99 Å². The molecule has 0 aromatic heterocycles. The van der Waals surface area contributed by atoms with Gasteiger partial charge in [-0.3, -0.25) is 24.4 Å². The van der Waals surface area contributed by atoms with Crippen LogP contribution in [-0.4, -0.2) is 90.4 Å². The van der Waals surface area contributed by atoms with Crippen LogP contribution < -0.4 is 20.7 Å². The summed E-state index contributed by atoms with van der Waals surface area (Å²) in [6, 6.07) is 6.51. The van der Waals surface area contributed by atoms with Gasteiger partial charge in [0, 0.05) is 38.1 Å².